The Kier molecular flexibility index (Phi) is 4.63. The third-order valence-corrected chi connectivity index (χ3v) is 1.85. The number of carbonyl (C=O) groups excluding carboxylic acids is 1. The van der Waals surface area contributed by atoms with Gasteiger partial charge in [0.25, 0.3) is 0 Å². The average Bonchev–Trinajstić information content (AvgIpc) is 1.97. The van der Waals surface area contributed by atoms with Gasteiger partial charge in [-0.2, -0.15) is 12.6 Å². The topological polar surface area (TPSA) is 55.1 Å². The van der Waals surface area contributed by atoms with Crippen LogP contribution in [0.4, 0.5) is 0 Å². The van der Waals surface area contributed by atoms with Crippen LogP contribution in [0.25, 0.3) is 0 Å². The van der Waals surface area contributed by atoms with E-state index in [2.05, 4.69) is 17.9 Å². The minimum atomic E-state index is -0.447. The summed E-state index contributed by atoms with van der Waals surface area (Å²) in [6.45, 7) is 6.40. The monoisotopic (exact) mass is 190 g/mol. The van der Waals surface area contributed by atoms with E-state index in [0.717, 1.165) is 0 Å². The first kappa shape index (κ1) is 11.8. The van der Waals surface area contributed by atoms with E-state index in [1.165, 1.54) is 0 Å². The summed E-state index contributed by atoms with van der Waals surface area (Å²) in [4.78, 5) is 11.3. The van der Waals surface area contributed by atoms with Gasteiger partial charge in [0.2, 0.25) is 5.91 Å². The number of hydrogen-bond donors (Lipinski definition) is 3. The zero-order chi connectivity index (χ0) is 9.78. The molecule has 4 heteroatoms. The summed E-state index contributed by atoms with van der Waals surface area (Å²) < 4.78 is 0. The fourth-order valence-corrected chi connectivity index (χ4v) is 0.794. The maximum Gasteiger partial charge on any atom is 0.237 e. The van der Waals surface area contributed by atoms with Crippen molar-refractivity contribution in [2.75, 3.05) is 12.3 Å². The van der Waals surface area contributed by atoms with Gasteiger partial charge < -0.3 is 11.1 Å². The van der Waals surface area contributed by atoms with Gasteiger partial charge in [0, 0.05) is 12.3 Å². The number of amides is 1. The molecule has 0 aliphatic carbocycles. The lowest BCUT2D eigenvalue weighted by Crippen LogP contribution is -2.48. The largest absolute Gasteiger partial charge is 0.354 e. The van der Waals surface area contributed by atoms with Gasteiger partial charge in [0.15, 0.2) is 0 Å². The normalized spacial score (nSPS) is 14.1. The summed E-state index contributed by atoms with van der Waals surface area (Å²) in [6, 6.07) is -0.447. The molecule has 0 unspecified atom stereocenters. The molecule has 0 heterocycles. The van der Waals surface area contributed by atoms with Gasteiger partial charge in [-0.3, -0.25) is 4.79 Å². The summed E-state index contributed by atoms with van der Waals surface area (Å²) >= 11 is 3.98. The van der Waals surface area contributed by atoms with Crippen molar-refractivity contribution in [2.24, 2.45) is 11.1 Å². The molecule has 1 amide bonds. The lowest BCUT2D eigenvalue weighted by atomic mass is 9.87. The molecule has 0 fully saturated rings. The van der Waals surface area contributed by atoms with Gasteiger partial charge in [-0.1, -0.05) is 20.8 Å². The quantitative estimate of drug-likeness (QED) is 0.564. The van der Waals surface area contributed by atoms with Crippen molar-refractivity contribution >= 4 is 18.5 Å². The number of rotatable bonds is 3. The fourth-order valence-electron chi connectivity index (χ4n) is 0.682. The Hall–Kier alpha value is -0.220. The molecule has 0 radical (unpaired) electrons. The molecule has 3 nitrogen and oxygen atoms in total. The molecule has 0 rings (SSSR count). The van der Waals surface area contributed by atoms with E-state index in [1.807, 2.05) is 20.8 Å². The summed E-state index contributed by atoms with van der Waals surface area (Å²) in [6.07, 6.45) is 0. The molecule has 0 saturated heterocycles. The summed E-state index contributed by atoms with van der Waals surface area (Å²) in [7, 11) is 0. The molecule has 0 saturated carbocycles. The van der Waals surface area contributed by atoms with Gasteiger partial charge in [-0.05, 0) is 5.41 Å². The summed E-state index contributed by atoms with van der Waals surface area (Å²) in [5, 5.41) is 2.70. The highest BCUT2D eigenvalue weighted by atomic mass is 32.1. The van der Waals surface area contributed by atoms with Gasteiger partial charge >= 0.3 is 0 Å². The number of thiol groups is 1. The highest BCUT2D eigenvalue weighted by Crippen LogP contribution is 2.16. The van der Waals surface area contributed by atoms with Crippen molar-refractivity contribution in [3.05, 3.63) is 0 Å². The van der Waals surface area contributed by atoms with Crippen LogP contribution in [-0.4, -0.2) is 24.2 Å². The molecule has 0 aromatic carbocycles. The number of nitrogens with one attached hydrogen (secondary N) is 1. The number of carbonyl (C=O) groups is 1. The van der Waals surface area contributed by atoms with Gasteiger partial charge in [-0.25, -0.2) is 0 Å². The van der Waals surface area contributed by atoms with E-state index in [9.17, 15) is 4.79 Å². The minimum absolute atomic E-state index is 0.100. The maximum atomic E-state index is 11.3. The molecule has 0 aromatic heterocycles. The minimum Gasteiger partial charge on any atom is -0.354 e. The highest BCUT2D eigenvalue weighted by Gasteiger charge is 2.26. The first-order valence-electron chi connectivity index (χ1n) is 4.03. The standard InChI is InChI=1S/C8H18N2OS/c1-8(2,3)6(9)7(11)10-4-5-12/h6,12H,4-5,9H2,1-3H3,(H,10,11)/t6-/m0/s1. The Morgan fingerprint density at radius 2 is 2.08 bits per heavy atom. The third kappa shape index (κ3) is 3.97. The van der Waals surface area contributed by atoms with Gasteiger partial charge in [-0.15, -0.1) is 0 Å². The van der Waals surface area contributed by atoms with Crippen molar-refractivity contribution in [3.63, 3.8) is 0 Å². The van der Waals surface area contributed by atoms with Crippen LogP contribution in [0.3, 0.4) is 0 Å². The number of hydrogen-bond acceptors (Lipinski definition) is 3. The van der Waals surface area contributed by atoms with E-state index in [1.54, 1.807) is 0 Å². The highest BCUT2D eigenvalue weighted by molar-refractivity contribution is 7.80. The summed E-state index contributed by atoms with van der Waals surface area (Å²) in [5.41, 5.74) is 5.52. The molecule has 3 N–H and O–H groups in total. The van der Waals surface area contributed by atoms with Crippen LogP contribution in [0.5, 0.6) is 0 Å². The molecule has 72 valence electrons. The van der Waals surface area contributed by atoms with Crippen LogP contribution in [-0.2, 0) is 4.79 Å². The van der Waals surface area contributed by atoms with E-state index in [-0.39, 0.29) is 11.3 Å². The van der Waals surface area contributed by atoms with Crippen molar-refractivity contribution in [1.29, 1.82) is 0 Å². The van der Waals surface area contributed by atoms with Crippen LogP contribution in [0.15, 0.2) is 0 Å². The van der Waals surface area contributed by atoms with Crippen molar-refractivity contribution < 1.29 is 4.79 Å². The first-order valence-corrected chi connectivity index (χ1v) is 4.67. The van der Waals surface area contributed by atoms with Crippen molar-refractivity contribution in [1.82, 2.24) is 5.32 Å². The molecule has 0 spiro atoms. The fraction of sp³-hybridized carbons (Fsp3) is 0.875. The van der Waals surface area contributed by atoms with E-state index in [0.29, 0.717) is 12.3 Å². The van der Waals surface area contributed by atoms with Crippen molar-refractivity contribution in [3.8, 4) is 0 Å². The van der Waals surface area contributed by atoms with E-state index < -0.39 is 6.04 Å². The third-order valence-electron chi connectivity index (χ3n) is 1.63. The van der Waals surface area contributed by atoms with Gasteiger partial charge in [0.1, 0.15) is 0 Å². The Bertz CT molecular complexity index is 154. The second-order valence-electron chi connectivity index (χ2n) is 3.86. The van der Waals surface area contributed by atoms with Crippen LogP contribution in [0, 0.1) is 5.41 Å². The lowest BCUT2D eigenvalue weighted by Gasteiger charge is -2.25. The van der Waals surface area contributed by atoms with Crippen LogP contribution >= 0.6 is 12.6 Å². The van der Waals surface area contributed by atoms with E-state index >= 15 is 0 Å². The molecule has 0 aromatic rings. The predicted octanol–water partition coefficient (Wildman–Crippen LogP) is 0.406. The first-order chi connectivity index (χ1) is 5.39. The van der Waals surface area contributed by atoms with Crippen molar-refractivity contribution in [2.45, 2.75) is 26.8 Å². The zero-order valence-electron chi connectivity index (χ0n) is 7.92. The molecule has 0 aliphatic heterocycles. The Labute approximate surface area is 79.5 Å². The summed E-state index contributed by atoms with van der Waals surface area (Å²) in [5.74, 6) is 0.541. The zero-order valence-corrected chi connectivity index (χ0v) is 8.82. The van der Waals surface area contributed by atoms with Crippen LogP contribution in [0.1, 0.15) is 20.8 Å². The second-order valence-corrected chi connectivity index (χ2v) is 4.31. The van der Waals surface area contributed by atoms with Crippen LogP contribution in [0.2, 0.25) is 0 Å². The molecular weight excluding hydrogens is 172 g/mol. The predicted molar refractivity (Wildman–Crippen MR) is 54.3 cm³/mol. The maximum absolute atomic E-state index is 11.3. The lowest BCUT2D eigenvalue weighted by molar-refractivity contribution is -0.124. The SMILES string of the molecule is CC(C)(C)[C@@H](N)C(=O)NCCS. The Morgan fingerprint density at radius 3 is 2.42 bits per heavy atom. The smallest absolute Gasteiger partial charge is 0.237 e. The molecule has 0 aliphatic rings. The molecule has 12 heavy (non-hydrogen) atoms. The molecular formula is C8H18N2OS. The molecule has 1 atom stereocenters. The second kappa shape index (κ2) is 4.72. The van der Waals surface area contributed by atoms with Gasteiger partial charge in [0.05, 0.1) is 6.04 Å². The number of nitrogens with two attached hydrogens (primary N) is 1. The van der Waals surface area contributed by atoms with E-state index in [4.69, 9.17) is 5.73 Å². The van der Waals surface area contributed by atoms with Crippen LogP contribution < -0.4 is 11.1 Å². The Morgan fingerprint density at radius 1 is 1.58 bits per heavy atom. The Balaban J connectivity index is 3.94. The molecule has 0 bridgehead atoms. The average molecular weight is 190 g/mol.